The normalized spacial score (nSPS) is 16.3. The number of hydrogen-bond donors (Lipinski definition) is 2. The SMILES string of the molecule is CC(CCO)Cn1c(C2CC2)nc2c(C(=O)O)cccc21. The zero-order chi connectivity index (χ0) is 15.0. The summed E-state index contributed by atoms with van der Waals surface area (Å²) in [6.45, 7) is 3.04. The molecule has 0 bridgehead atoms. The summed E-state index contributed by atoms with van der Waals surface area (Å²) in [6.07, 6.45) is 2.99. The number of nitrogens with zero attached hydrogens (tertiary/aromatic N) is 2. The lowest BCUT2D eigenvalue weighted by Gasteiger charge is -2.14. The molecule has 112 valence electrons. The molecule has 2 N–H and O–H groups in total. The van der Waals surface area contributed by atoms with Gasteiger partial charge in [-0.25, -0.2) is 9.78 Å². The number of carbonyl (C=O) groups is 1. The van der Waals surface area contributed by atoms with Gasteiger partial charge in [-0.3, -0.25) is 0 Å². The Balaban J connectivity index is 2.09. The molecule has 0 radical (unpaired) electrons. The summed E-state index contributed by atoms with van der Waals surface area (Å²) in [5, 5.41) is 18.4. The quantitative estimate of drug-likeness (QED) is 0.856. The van der Waals surface area contributed by atoms with E-state index in [9.17, 15) is 9.90 Å². The van der Waals surface area contributed by atoms with Gasteiger partial charge in [-0.15, -0.1) is 0 Å². The first kappa shape index (κ1) is 14.1. The number of rotatable bonds is 6. The van der Waals surface area contributed by atoms with Crippen LogP contribution < -0.4 is 0 Å². The van der Waals surface area contributed by atoms with Gasteiger partial charge >= 0.3 is 5.97 Å². The zero-order valence-electron chi connectivity index (χ0n) is 12.1. The Hall–Kier alpha value is -1.88. The second-order valence-electron chi connectivity index (χ2n) is 5.95. The van der Waals surface area contributed by atoms with Crippen molar-refractivity contribution >= 4 is 17.0 Å². The maximum absolute atomic E-state index is 11.4. The van der Waals surface area contributed by atoms with Crippen molar-refractivity contribution in [2.75, 3.05) is 6.61 Å². The average molecular weight is 288 g/mol. The summed E-state index contributed by atoms with van der Waals surface area (Å²) in [4.78, 5) is 16.0. The van der Waals surface area contributed by atoms with Gasteiger partial charge in [-0.2, -0.15) is 0 Å². The highest BCUT2D eigenvalue weighted by Gasteiger charge is 2.30. The van der Waals surface area contributed by atoms with E-state index in [1.807, 2.05) is 6.07 Å². The van der Waals surface area contributed by atoms with Gasteiger partial charge in [-0.05, 0) is 37.3 Å². The fraction of sp³-hybridized carbons (Fsp3) is 0.500. The second-order valence-corrected chi connectivity index (χ2v) is 5.95. The van der Waals surface area contributed by atoms with E-state index in [1.165, 1.54) is 0 Å². The first-order valence-corrected chi connectivity index (χ1v) is 7.45. The Kier molecular flexibility index (Phi) is 3.68. The first-order valence-electron chi connectivity index (χ1n) is 7.45. The number of carboxylic acids is 1. The summed E-state index contributed by atoms with van der Waals surface area (Å²) in [6, 6.07) is 5.32. The van der Waals surface area contributed by atoms with E-state index < -0.39 is 5.97 Å². The number of aromatic nitrogens is 2. The van der Waals surface area contributed by atoms with E-state index in [0.717, 1.165) is 37.1 Å². The molecule has 0 saturated heterocycles. The molecule has 5 nitrogen and oxygen atoms in total. The molecule has 1 aliphatic rings. The third-order valence-corrected chi connectivity index (χ3v) is 4.10. The van der Waals surface area contributed by atoms with Gasteiger partial charge < -0.3 is 14.8 Å². The minimum atomic E-state index is -0.934. The number of aromatic carboxylic acids is 1. The number of fused-ring (bicyclic) bond motifs is 1. The van der Waals surface area contributed by atoms with Crippen LogP contribution in [0.3, 0.4) is 0 Å². The molecule has 21 heavy (non-hydrogen) atoms. The molecule has 0 spiro atoms. The van der Waals surface area contributed by atoms with Crippen LogP contribution in [0.4, 0.5) is 0 Å². The second kappa shape index (κ2) is 5.48. The van der Waals surface area contributed by atoms with Gasteiger partial charge in [-0.1, -0.05) is 13.0 Å². The molecule has 3 rings (SSSR count). The van der Waals surface area contributed by atoms with Crippen LogP contribution in [0, 0.1) is 5.92 Å². The highest BCUT2D eigenvalue weighted by atomic mass is 16.4. The first-order chi connectivity index (χ1) is 10.1. The van der Waals surface area contributed by atoms with E-state index in [2.05, 4.69) is 16.5 Å². The van der Waals surface area contributed by atoms with Gasteiger partial charge in [0.15, 0.2) is 0 Å². The van der Waals surface area contributed by atoms with Crippen LogP contribution in [0.15, 0.2) is 18.2 Å². The fourth-order valence-corrected chi connectivity index (χ4v) is 2.81. The minimum absolute atomic E-state index is 0.174. The molecular weight excluding hydrogens is 268 g/mol. The third kappa shape index (κ3) is 2.65. The standard InChI is InChI=1S/C16H20N2O3/c1-10(7-8-19)9-18-13-4-2-3-12(16(20)21)14(13)17-15(18)11-5-6-11/h2-4,10-11,19H,5-9H2,1H3,(H,20,21). The number of benzene rings is 1. The van der Waals surface area contributed by atoms with Crippen LogP contribution in [0.25, 0.3) is 11.0 Å². The number of hydrogen-bond acceptors (Lipinski definition) is 3. The van der Waals surface area contributed by atoms with Gasteiger partial charge in [0.2, 0.25) is 0 Å². The molecule has 0 aliphatic heterocycles. The van der Waals surface area contributed by atoms with Crippen LogP contribution in [0.1, 0.15) is 48.3 Å². The van der Waals surface area contributed by atoms with Gasteiger partial charge in [0.05, 0.1) is 11.1 Å². The lowest BCUT2D eigenvalue weighted by Crippen LogP contribution is -2.11. The van der Waals surface area contributed by atoms with Crippen LogP contribution in [-0.2, 0) is 6.54 Å². The molecule has 5 heteroatoms. The molecule has 1 aromatic carbocycles. The number of aliphatic hydroxyl groups excluding tert-OH is 1. The highest BCUT2D eigenvalue weighted by molar-refractivity contribution is 6.01. The van der Waals surface area contributed by atoms with E-state index in [1.54, 1.807) is 12.1 Å². The molecule has 2 aromatic rings. The molecule has 1 unspecified atom stereocenters. The van der Waals surface area contributed by atoms with E-state index in [0.29, 0.717) is 17.4 Å². The average Bonchev–Trinajstić information content (AvgIpc) is 3.22. The molecule has 1 aliphatic carbocycles. The summed E-state index contributed by atoms with van der Waals surface area (Å²) in [5.41, 5.74) is 1.74. The van der Waals surface area contributed by atoms with Crippen molar-refractivity contribution in [2.45, 2.75) is 38.6 Å². The van der Waals surface area contributed by atoms with Crippen molar-refractivity contribution in [3.8, 4) is 0 Å². The smallest absolute Gasteiger partial charge is 0.337 e. The lowest BCUT2D eigenvalue weighted by molar-refractivity contribution is 0.0699. The zero-order valence-corrected chi connectivity index (χ0v) is 12.1. The van der Waals surface area contributed by atoms with E-state index in [4.69, 9.17) is 5.11 Å². The Morgan fingerprint density at radius 3 is 2.86 bits per heavy atom. The summed E-state index contributed by atoms with van der Waals surface area (Å²) in [5.74, 6) is 0.859. The maximum atomic E-state index is 11.4. The monoisotopic (exact) mass is 288 g/mol. The van der Waals surface area contributed by atoms with Crippen molar-refractivity contribution in [1.82, 2.24) is 9.55 Å². The predicted molar refractivity (Wildman–Crippen MR) is 79.5 cm³/mol. The largest absolute Gasteiger partial charge is 0.478 e. The fourth-order valence-electron chi connectivity index (χ4n) is 2.81. The van der Waals surface area contributed by atoms with Crippen molar-refractivity contribution < 1.29 is 15.0 Å². The van der Waals surface area contributed by atoms with Crippen LogP contribution >= 0.6 is 0 Å². The Morgan fingerprint density at radius 1 is 1.48 bits per heavy atom. The highest BCUT2D eigenvalue weighted by Crippen LogP contribution is 2.41. The van der Waals surface area contributed by atoms with Gasteiger partial charge in [0.25, 0.3) is 0 Å². The van der Waals surface area contributed by atoms with Crippen molar-refractivity contribution in [3.05, 3.63) is 29.6 Å². The Morgan fingerprint density at radius 2 is 2.24 bits per heavy atom. The predicted octanol–water partition coefficient (Wildman–Crippen LogP) is 2.63. The Labute approximate surface area is 123 Å². The van der Waals surface area contributed by atoms with Gasteiger partial charge in [0, 0.05) is 19.1 Å². The van der Waals surface area contributed by atoms with E-state index >= 15 is 0 Å². The summed E-state index contributed by atoms with van der Waals surface area (Å²) in [7, 11) is 0. The Bertz CT molecular complexity index is 673. The number of imidazole rings is 1. The lowest BCUT2D eigenvalue weighted by atomic mass is 10.1. The van der Waals surface area contributed by atoms with E-state index in [-0.39, 0.29) is 12.2 Å². The van der Waals surface area contributed by atoms with Crippen LogP contribution in [0.2, 0.25) is 0 Å². The van der Waals surface area contributed by atoms with Crippen molar-refractivity contribution in [1.29, 1.82) is 0 Å². The summed E-state index contributed by atoms with van der Waals surface area (Å²) < 4.78 is 2.15. The molecular formula is C16H20N2O3. The third-order valence-electron chi connectivity index (χ3n) is 4.10. The van der Waals surface area contributed by atoms with Gasteiger partial charge in [0.1, 0.15) is 11.3 Å². The van der Waals surface area contributed by atoms with Crippen molar-refractivity contribution in [3.63, 3.8) is 0 Å². The number of aliphatic hydroxyl groups is 1. The van der Waals surface area contributed by atoms with Crippen LogP contribution in [0.5, 0.6) is 0 Å². The maximum Gasteiger partial charge on any atom is 0.337 e. The topological polar surface area (TPSA) is 75.3 Å². The molecule has 1 saturated carbocycles. The minimum Gasteiger partial charge on any atom is -0.478 e. The van der Waals surface area contributed by atoms with Crippen molar-refractivity contribution in [2.24, 2.45) is 5.92 Å². The molecule has 1 heterocycles. The molecule has 1 aromatic heterocycles. The molecule has 1 atom stereocenters. The molecule has 1 fully saturated rings. The van der Waals surface area contributed by atoms with Crippen LogP contribution in [-0.4, -0.2) is 32.3 Å². The summed E-state index contributed by atoms with van der Waals surface area (Å²) >= 11 is 0. The number of para-hydroxylation sites is 1. The number of carboxylic acid groups (broad SMARTS) is 1. The molecule has 0 amide bonds.